The standard InChI is InChI=1S/C21H25N3O3/c1-14-7-4-8-15(2)19(14)27-21-17(9-5-11-22-21)13-23-20(26)16(3)24-12-6-10-18(24)25/h4-5,7-9,11,16H,6,10,12-13H2,1-3H3,(H,23,26). The van der Waals surface area contributed by atoms with E-state index in [1.165, 1.54) is 0 Å². The maximum absolute atomic E-state index is 12.5. The quantitative estimate of drug-likeness (QED) is 0.851. The van der Waals surface area contributed by atoms with E-state index in [0.29, 0.717) is 25.4 Å². The Bertz CT molecular complexity index is 830. The lowest BCUT2D eigenvalue weighted by atomic mass is 10.1. The minimum atomic E-state index is -0.473. The number of rotatable bonds is 6. The molecular weight excluding hydrogens is 342 g/mol. The molecule has 2 heterocycles. The van der Waals surface area contributed by atoms with Crippen LogP contribution in [0.5, 0.6) is 11.6 Å². The Morgan fingerprint density at radius 2 is 2.00 bits per heavy atom. The third-order valence-corrected chi connectivity index (χ3v) is 4.87. The molecule has 1 atom stereocenters. The molecule has 1 saturated heterocycles. The number of nitrogens with one attached hydrogen (secondary N) is 1. The Hall–Kier alpha value is -2.89. The zero-order valence-electron chi connectivity index (χ0n) is 16.0. The molecule has 2 amide bonds. The van der Waals surface area contributed by atoms with Gasteiger partial charge in [0, 0.05) is 31.3 Å². The van der Waals surface area contributed by atoms with Crippen LogP contribution >= 0.6 is 0 Å². The average molecular weight is 367 g/mol. The van der Waals surface area contributed by atoms with Gasteiger partial charge in [-0.05, 0) is 44.4 Å². The van der Waals surface area contributed by atoms with Crippen LogP contribution in [0.25, 0.3) is 0 Å². The molecule has 0 bridgehead atoms. The van der Waals surface area contributed by atoms with Gasteiger partial charge in [-0.1, -0.05) is 24.3 Å². The van der Waals surface area contributed by atoms with Gasteiger partial charge in [-0.25, -0.2) is 4.98 Å². The van der Waals surface area contributed by atoms with Crippen molar-refractivity contribution in [3.05, 3.63) is 53.2 Å². The van der Waals surface area contributed by atoms with Crippen LogP contribution in [0, 0.1) is 13.8 Å². The van der Waals surface area contributed by atoms with E-state index in [-0.39, 0.29) is 11.8 Å². The first-order valence-electron chi connectivity index (χ1n) is 9.22. The summed E-state index contributed by atoms with van der Waals surface area (Å²) in [5.74, 6) is 1.12. The predicted octanol–water partition coefficient (Wildman–Crippen LogP) is 3.12. The Morgan fingerprint density at radius 1 is 1.26 bits per heavy atom. The second-order valence-corrected chi connectivity index (χ2v) is 6.88. The summed E-state index contributed by atoms with van der Waals surface area (Å²) in [6, 6.07) is 9.18. The number of likely N-dealkylation sites (tertiary alicyclic amines) is 1. The molecule has 1 aliphatic rings. The van der Waals surface area contributed by atoms with Gasteiger partial charge in [-0.3, -0.25) is 9.59 Å². The highest BCUT2D eigenvalue weighted by Crippen LogP contribution is 2.29. The summed E-state index contributed by atoms with van der Waals surface area (Å²) in [7, 11) is 0. The fourth-order valence-electron chi connectivity index (χ4n) is 3.26. The molecule has 0 aliphatic carbocycles. The maximum Gasteiger partial charge on any atom is 0.242 e. The number of hydrogen-bond acceptors (Lipinski definition) is 4. The average Bonchev–Trinajstić information content (AvgIpc) is 3.09. The summed E-state index contributed by atoms with van der Waals surface area (Å²) in [6.45, 7) is 6.67. The summed E-state index contributed by atoms with van der Waals surface area (Å²) in [4.78, 5) is 30.3. The largest absolute Gasteiger partial charge is 0.438 e. The van der Waals surface area contributed by atoms with Crippen molar-refractivity contribution in [2.24, 2.45) is 0 Å². The van der Waals surface area contributed by atoms with Crippen molar-refractivity contribution in [2.75, 3.05) is 6.54 Å². The van der Waals surface area contributed by atoms with Gasteiger partial charge < -0.3 is 15.0 Å². The molecule has 1 aliphatic heterocycles. The summed E-state index contributed by atoms with van der Waals surface area (Å²) in [6.07, 6.45) is 3.00. The molecule has 1 N–H and O–H groups in total. The number of nitrogens with zero attached hydrogens (tertiary/aromatic N) is 2. The van der Waals surface area contributed by atoms with Gasteiger partial charge in [0.15, 0.2) is 0 Å². The third-order valence-electron chi connectivity index (χ3n) is 4.87. The van der Waals surface area contributed by atoms with Crippen LogP contribution in [0.1, 0.15) is 36.5 Å². The Labute approximate surface area is 159 Å². The minimum absolute atomic E-state index is 0.0399. The van der Waals surface area contributed by atoms with Crippen LogP contribution < -0.4 is 10.1 Å². The molecule has 2 aromatic rings. The van der Waals surface area contributed by atoms with Crippen LogP contribution in [0.3, 0.4) is 0 Å². The lowest BCUT2D eigenvalue weighted by Gasteiger charge is -2.23. The third kappa shape index (κ3) is 4.27. The highest BCUT2D eigenvalue weighted by Gasteiger charge is 2.29. The molecule has 1 aromatic carbocycles. The summed E-state index contributed by atoms with van der Waals surface area (Å²) in [5, 5.41) is 2.90. The van der Waals surface area contributed by atoms with Crippen molar-refractivity contribution in [3.8, 4) is 11.6 Å². The number of amides is 2. The van der Waals surface area contributed by atoms with E-state index in [1.807, 2.05) is 44.2 Å². The molecule has 3 rings (SSSR count). The molecule has 1 aromatic heterocycles. The molecule has 0 saturated carbocycles. The summed E-state index contributed by atoms with van der Waals surface area (Å²) in [5.41, 5.74) is 2.84. The molecule has 0 radical (unpaired) electrons. The first-order valence-corrected chi connectivity index (χ1v) is 9.22. The lowest BCUT2D eigenvalue weighted by Crippen LogP contribution is -2.45. The fourth-order valence-corrected chi connectivity index (χ4v) is 3.26. The predicted molar refractivity (Wildman–Crippen MR) is 102 cm³/mol. The lowest BCUT2D eigenvalue weighted by molar-refractivity contribution is -0.136. The first-order chi connectivity index (χ1) is 13.0. The number of ether oxygens (including phenoxy) is 1. The number of hydrogen-bond donors (Lipinski definition) is 1. The van der Waals surface area contributed by atoms with E-state index in [4.69, 9.17) is 4.74 Å². The van der Waals surface area contributed by atoms with Crippen molar-refractivity contribution in [3.63, 3.8) is 0 Å². The molecule has 0 spiro atoms. The monoisotopic (exact) mass is 367 g/mol. The van der Waals surface area contributed by atoms with Crippen molar-refractivity contribution < 1.29 is 14.3 Å². The molecule has 27 heavy (non-hydrogen) atoms. The van der Waals surface area contributed by atoms with E-state index in [2.05, 4.69) is 10.3 Å². The van der Waals surface area contributed by atoms with Gasteiger partial charge >= 0.3 is 0 Å². The highest BCUT2D eigenvalue weighted by molar-refractivity contribution is 5.88. The molecule has 1 unspecified atom stereocenters. The van der Waals surface area contributed by atoms with Gasteiger partial charge in [0.2, 0.25) is 17.7 Å². The van der Waals surface area contributed by atoms with E-state index in [9.17, 15) is 9.59 Å². The number of pyridine rings is 1. The number of carbonyl (C=O) groups excluding carboxylic acids is 2. The summed E-state index contributed by atoms with van der Waals surface area (Å²) >= 11 is 0. The minimum Gasteiger partial charge on any atom is -0.438 e. The highest BCUT2D eigenvalue weighted by atomic mass is 16.5. The molecule has 1 fully saturated rings. The zero-order valence-corrected chi connectivity index (χ0v) is 16.0. The van der Waals surface area contributed by atoms with Crippen LogP contribution in [0.15, 0.2) is 36.5 Å². The molecular formula is C21H25N3O3. The molecule has 6 nitrogen and oxygen atoms in total. The number of benzene rings is 1. The van der Waals surface area contributed by atoms with Crippen LogP contribution in [0.2, 0.25) is 0 Å². The Kier molecular flexibility index (Phi) is 5.74. The first kappa shape index (κ1) is 18.9. The SMILES string of the molecule is Cc1cccc(C)c1Oc1ncccc1CNC(=O)C(C)N1CCCC1=O. The normalized spacial score (nSPS) is 14.9. The second-order valence-electron chi connectivity index (χ2n) is 6.88. The second kappa shape index (κ2) is 8.20. The Balaban J connectivity index is 1.69. The van der Waals surface area contributed by atoms with Gasteiger partial charge in [-0.2, -0.15) is 0 Å². The van der Waals surface area contributed by atoms with Gasteiger partial charge in [0.25, 0.3) is 0 Å². The Morgan fingerprint density at radius 3 is 2.67 bits per heavy atom. The number of aromatic nitrogens is 1. The van der Waals surface area contributed by atoms with Crippen LogP contribution in [-0.4, -0.2) is 34.3 Å². The van der Waals surface area contributed by atoms with Crippen LogP contribution in [0.4, 0.5) is 0 Å². The number of aryl methyl sites for hydroxylation is 2. The smallest absolute Gasteiger partial charge is 0.242 e. The van der Waals surface area contributed by atoms with Crippen molar-refractivity contribution in [2.45, 2.75) is 46.2 Å². The topological polar surface area (TPSA) is 71.5 Å². The van der Waals surface area contributed by atoms with E-state index in [0.717, 1.165) is 28.9 Å². The fraction of sp³-hybridized carbons (Fsp3) is 0.381. The van der Waals surface area contributed by atoms with Crippen molar-refractivity contribution >= 4 is 11.8 Å². The maximum atomic E-state index is 12.5. The van der Waals surface area contributed by atoms with Gasteiger partial charge in [0.05, 0.1) is 0 Å². The summed E-state index contributed by atoms with van der Waals surface area (Å²) < 4.78 is 6.05. The van der Waals surface area contributed by atoms with E-state index < -0.39 is 6.04 Å². The van der Waals surface area contributed by atoms with Crippen molar-refractivity contribution in [1.29, 1.82) is 0 Å². The van der Waals surface area contributed by atoms with Crippen LogP contribution in [-0.2, 0) is 16.1 Å². The zero-order chi connectivity index (χ0) is 19.4. The van der Waals surface area contributed by atoms with Gasteiger partial charge in [-0.15, -0.1) is 0 Å². The number of carbonyl (C=O) groups is 2. The molecule has 6 heteroatoms. The number of para-hydroxylation sites is 1. The molecule has 142 valence electrons. The van der Waals surface area contributed by atoms with Gasteiger partial charge in [0.1, 0.15) is 11.8 Å². The van der Waals surface area contributed by atoms with Crippen molar-refractivity contribution in [1.82, 2.24) is 15.2 Å². The van der Waals surface area contributed by atoms with E-state index >= 15 is 0 Å². The van der Waals surface area contributed by atoms with E-state index in [1.54, 1.807) is 18.0 Å².